The molecule has 1 aliphatic rings. The third kappa shape index (κ3) is 8.95. The van der Waals surface area contributed by atoms with Gasteiger partial charge in [-0.15, -0.1) is 0 Å². The summed E-state index contributed by atoms with van der Waals surface area (Å²) in [7, 11) is 2.15. The Morgan fingerprint density at radius 3 is 2.25 bits per heavy atom. The van der Waals surface area contributed by atoms with Crippen LogP contribution in [0.5, 0.6) is 0 Å². The number of rotatable bonds is 14. The summed E-state index contributed by atoms with van der Waals surface area (Å²) in [5.41, 5.74) is 7.03. The molecule has 1 saturated heterocycles. The highest BCUT2D eigenvalue weighted by atomic mass is 16.7. The summed E-state index contributed by atoms with van der Waals surface area (Å²) in [6, 6.07) is 39.4. The summed E-state index contributed by atoms with van der Waals surface area (Å²) in [4.78, 5) is 25.5. The maximum Gasteiger partial charge on any atom is 0.303 e. The van der Waals surface area contributed by atoms with Crippen LogP contribution < -0.4 is 5.32 Å². The van der Waals surface area contributed by atoms with Gasteiger partial charge in [0.2, 0.25) is 5.91 Å². The van der Waals surface area contributed by atoms with Gasteiger partial charge < -0.3 is 25.0 Å². The Balaban J connectivity index is 1.20. The maximum atomic E-state index is 12.4. The lowest BCUT2D eigenvalue weighted by atomic mass is 9.89. The van der Waals surface area contributed by atoms with Gasteiger partial charge in [0.15, 0.2) is 6.29 Å². The molecule has 8 heteroatoms. The molecule has 5 aromatic carbocycles. The van der Waals surface area contributed by atoms with Crippen molar-refractivity contribution in [2.75, 3.05) is 13.6 Å². The summed E-state index contributed by atoms with van der Waals surface area (Å²) in [6.07, 6.45) is -0.488. The smallest absolute Gasteiger partial charge is 0.303 e. The summed E-state index contributed by atoms with van der Waals surface area (Å²) >= 11 is 0. The first kappa shape index (κ1) is 36.9. The number of aliphatic hydroxyl groups excluding tert-OH is 1. The molecule has 0 spiro atoms. The van der Waals surface area contributed by atoms with Crippen LogP contribution in [0.4, 0.5) is 0 Å². The molecule has 0 aliphatic carbocycles. The number of hydrogen-bond donors (Lipinski definition) is 3. The van der Waals surface area contributed by atoms with Crippen molar-refractivity contribution in [3.8, 4) is 11.1 Å². The first-order chi connectivity index (χ1) is 25.2. The second-order valence-corrected chi connectivity index (χ2v) is 13.8. The van der Waals surface area contributed by atoms with E-state index in [1.807, 2.05) is 60.7 Å². The van der Waals surface area contributed by atoms with E-state index in [1.54, 1.807) is 0 Å². The molecular formula is C44H48N2O6. The van der Waals surface area contributed by atoms with Gasteiger partial charge in [-0.2, -0.15) is 0 Å². The van der Waals surface area contributed by atoms with Crippen LogP contribution in [-0.2, 0) is 32.2 Å². The second-order valence-electron chi connectivity index (χ2n) is 13.8. The van der Waals surface area contributed by atoms with Crippen molar-refractivity contribution in [1.29, 1.82) is 0 Å². The highest BCUT2D eigenvalue weighted by molar-refractivity contribution is 5.83. The highest BCUT2D eigenvalue weighted by Crippen LogP contribution is 2.42. The van der Waals surface area contributed by atoms with E-state index >= 15 is 0 Å². The first-order valence-corrected chi connectivity index (χ1v) is 18.1. The number of benzene rings is 5. The minimum absolute atomic E-state index is 0.0121. The molecule has 1 fully saturated rings. The maximum absolute atomic E-state index is 12.4. The normalized spacial score (nSPS) is 19.4. The number of aliphatic carboxylic acids is 1. The molecule has 1 amide bonds. The van der Waals surface area contributed by atoms with Crippen LogP contribution in [0.15, 0.2) is 115 Å². The van der Waals surface area contributed by atoms with Crippen LogP contribution in [-0.4, -0.2) is 46.7 Å². The van der Waals surface area contributed by atoms with E-state index in [4.69, 9.17) is 14.6 Å². The van der Waals surface area contributed by atoms with E-state index in [9.17, 15) is 14.7 Å². The number of nitrogens with zero attached hydrogens (tertiary/aromatic N) is 1. The fourth-order valence-electron chi connectivity index (χ4n) is 6.95. The molecule has 3 N–H and O–H groups in total. The highest BCUT2D eigenvalue weighted by Gasteiger charge is 2.39. The summed E-state index contributed by atoms with van der Waals surface area (Å²) in [5, 5.41) is 23.9. The lowest BCUT2D eigenvalue weighted by Crippen LogP contribution is -2.44. The number of aliphatic hydroxyl groups is 1. The third-order valence-electron chi connectivity index (χ3n) is 10.3. The Hall–Kier alpha value is -4.86. The zero-order valence-corrected chi connectivity index (χ0v) is 30.1. The molecule has 1 heterocycles. The van der Waals surface area contributed by atoms with Crippen molar-refractivity contribution in [3.05, 3.63) is 143 Å². The van der Waals surface area contributed by atoms with Gasteiger partial charge in [-0.1, -0.05) is 116 Å². The molecule has 6 rings (SSSR count). The van der Waals surface area contributed by atoms with Crippen molar-refractivity contribution in [3.63, 3.8) is 0 Å². The summed E-state index contributed by atoms with van der Waals surface area (Å²) in [5.74, 6) is -1.02. The fraction of sp³-hybridized carbons (Fsp3) is 0.318. The molecule has 5 atom stereocenters. The fourth-order valence-corrected chi connectivity index (χ4v) is 6.95. The minimum Gasteiger partial charge on any atom is -0.481 e. The quantitative estimate of drug-likeness (QED) is 0.107. The Kier molecular flexibility index (Phi) is 12.1. The van der Waals surface area contributed by atoms with E-state index in [2.05, 4.69) is 85.7 Å². The zero-order chi connectivity index (χ0) is 36.6. The van der Waals surface area contributed by atoms with E-state index in [-0.39, 0.29) is 49.5 Å². The summed E-state index contributed by atoms with van der Waals surface area (Å²) in [6.45, 7) is 5.46. The van der Waals surface area contributed by atoms with Crippen molar-refractivity contribution in [1.82, 2.24) is 10.2 Å². The van der Waals surface area contributed by atoms with Gasteiger partial charge in [-0.05, 0) is 70.6 Å². The number of ether oxygens (including phenoxy) is 2. The zero-order valence-electron chi connectivity index (χ0n) is 30.1. The SMILES string of the molecule is C[C@H]1[C@@H](CN(C)[C@H](C)c2ccc3ccccc3c2)O[C@@H](c2ccc(-c3ccccc3CNC(=O)CCCC(=O)O)cc2)O[C@H]1c1ccc(CO)cc1. The first-order valence-electron chi connectivity index (χ1n) is 18.1. The third-order valence-corrected chi connectivity index (χ3v) is 10.3. The van der Waals surface area contributed by atoms with Gasteiger partial charge in [-0.25, -0.2) is 0 Å². The molecule has 0 unspecified atom stereocenters. The van der Waals surface area contributed by atoms with E-state index in [0.29, 0.717) is 19.5 Å². The van der Waals surface area contributed by atoms with E-state index in [0.717, 1.165) is 33.4 Å². The van der Waals surface area contributed by atoms with Crippen LogP contribution >= 0.6 is 0 Å². The number of carboxylic acids is 1. The van der Waals surface area contributed by atoms with Gasteiger partial charge in [0.1, 0.15) is 0 Å². The summed E-state index contributed by atoms with van der Waals surface area (Å²) < 4.78 is 13.5. The second kappa shape index (κ2) is 17.1. The van der Waals surface area contributed by atoms with Crippen molar-refractivity contribution < 1.29 is 29.3 Å². The molecule has 0 aromatic heterocycles. The minimum atomic E-state index is -0.901. The van der Waals surface area contributed by atoms with E-state index < -0.39 is 12.3 Å². The van der Waals surface area contributed by atoms with Gasteiger partial charge >= 0.3 is 5.97 Å². The standard InChI is InChI=1S/C44H48N2O6/c1-29-40(27-46(3)30(2)36-24-19-32-9-4-5-10-37(32)25-36)51-44(52-43(29)34-17-15-31(28-47)16-18-34)35-22-20-33(21-23-35)39-12-7-6-11-38(39)26-45-41(48)13-8-14-42(49)50/h4-7,9-12,15-25,29-30,40,43-44,47H,8,13-14,26-28H2,1-3H3,(H,45,48)(H,49,50)/t29-,30+,40+,43+,44+/m0/s1. The van der Waals surface area contributed by atoms with Gasteiger partial charge in [0, 0.05) is 43.5 Å². The Labute approximate surface area is 306 Å². The Morgan fingerprint density at radius 2 is 1.52 bits per heavy atom. The molecule has 0 bridgehead atoms. The van der Waals surface area contributed by atoms with Crippen LogP contribution in [0, 0.1) is 5.92 Å². The number of likely N-dealkylation sites (N-methyl/N-ethyl adjacent to an activating group) is 1. The predicted octanol–water partition coefficient (Wildman–Crippen LogP) is 8.35. The molecule has 5 aromatic rings. The number of fused-ring (bicyclic) bond motifs is 1. The lowest BCUT2D eigenvalue weighted by Gasteiger charge is -2.43. The van der Waals surface area contributed by atoms with Gasteiger partial charge in [-0.3, -0.25) is 14.5 Å². The molecule has 0 radical (unpaired) electrons. The van der Waals surface area contributed by atoms with Crippen molar-refractivity contribution in [2.24, 2.45) is 5.92 Å². The number of carboxylic acid groups (broad SMARTS) is 1. The monoisotopic (exact) mass is 700 g/mol. The largest absolute Gasteiger partial charge is 0.481 e. The molecular weight excluding hydrogens is 652 g/mol. The molecule has 270 valence electrons. The molecule has 52 heavy (non-hydrogen) atoms. The Bertz CT molecular complexity index is 1960. The number of amides is 1. The van der Waals surface area contributed by atoms with Crippen molar-refractivity contribution in [2.45, 2.75) is 70.8 Å². The van der Waals surface area contributed by atoms with Crippen LogP contribution in [0.1, 0.15) is 79.4 Å². The van der Waals surface area contributed by atoms with Crippen LogP contribution in [0.25, 0.3) is 21.9 Å². The predicted molar refractivity (Wildman–Crippen MR) is 203 cm³/mol. The van der Waals surface area contributed by atoms with E-state index in [1.165, 1.54) is 16.3 Å². The average molecular weight is 701 g/mol. The number of carbonyl (C=O) groups is 2. The number of carbonyl (C=O) groups excluding carboxylic acids is 1. The van der Waals surface area contributed by atoms with Gasteiger partial charge in [0.25, 0.3) is 0 Å². The van der Waals surface area contributed by atoms with Crippen LogP contribution in [0.3, 0.4) is 0 Å². The average Bonchev–Trinajstić information content (AvgIpc) is 3.17. The molecule has 1 aliphatic heterocycles. The van der Waals surface area contributed by atoms with Gasteiger partial charge in [0.05, 0.1) is 18.8 Å². The van der Waals surface area contributed by atoms with Crippen LogP contribution in [0.2, 0.25) is 0 Å². The topological polar surface area (TPSA) is 108 Å². The lowest BCUT2D eigenvalue weighted by molar-refractivity contribution is -0.276. The van der Waals surface area contributed by atoms with Crippen molar-refractivity contribution >= 4 is 22.6 Å². The molecule has 8 nitrogen and oxygen atoms in total. The Morgan fingerprint density at radius 1 is 0.827 bits per heavy atom. The molecule has 0 saturated carbocycles. The number of nitrogens with one attached hydrogen (secondary N) is 1. The number of hydrogen-bond acceptors (Lipinski definition) is 6.